The molecular weight excluding hydrogens is 493 g/mol. The molecule has 2 amide bonds. The van der Waals surface area contributed by atoms with Crippen molar-refractivity contribution < 1.29 is 18.7 Å². The average molecular weight is 524 g/mol. The zero-order valence-electron chi connectivity index (χ0n) is 21.2. The summed E-state index contributed by atoms with van der Waals surface area (Å²) in [6.07, 6.45) is 5.12. The molecule has 1 saturated carbocycles. The number of nitrogens with one attached hydrogen (secondary N) is 1. The van der Waals surface area contributed by atoms with E-state index in [9.17, 15) is 18.8 Å². The SMILES string of the molecule is CCc1cc2n(CC(=O)Nc3ccc(F)cn3)c3c(c(=O)n2n1)CN(C[C@H]1CN(C2CCC2)CCO1)C3=O. The molecule has 3 aromatic heterocycles. The number of rotatable bonds is 7. The highest BCUT2D eigenvalue weighted by atomic mass is 19.1. The van der Waals surface area contributed by atoms with Gasteiger partial charge in [0, 0.05) is 31.7 Å². The van der Waals surface area contributed by atoms with Gasteiger partial charge in [0.2, 0.25) is 5.91 Å². The van der Waals surface area contributed by atoms with Crippen LogP contribution in [0.15, 0.2) is 29.2 Å². The summed E-state index contributed by atoms with van der Waals surface area (Å²) in [6, 6.07) is 4.87. The Labute approximate surface area is 218 Å². The molecular formula is C26H30FN7O4. The maximum Gasteiger partial charge on any atom is 0.280 e. The van der Waals surface area contributed by atoms with Crippen molar-refractivity contribution in [3.63, 3.8) is 0 Å². The fourth-order valence-electron chi connectivity index (χ4n) is 5.50. The van der Waals surface area contributed by atoms with Gasteiger partial charge < -0.3 is 19.5 Å². The zero-order chi connectivity index (χ0) is 26.4. The van der Waals surface area contributed by atoms with Crippen LogP contribution in [0.3, 0.4) is 0 Å². The molecule has 0 spiro atoms. The highest BCUT2D eigenvalue weighted by molar-refractivity contribution is 5.98. The predicted octanol–water partition coefficient (Wildman–Crippen LogP) is 1.44. The number of hydrogen-bond donors (Lipinski definition) is 1. The molecule has 200 valence electrons. The summed E-state index contributed by atoms with van der Waals surface area (Å²) in [7, 11) is 0. The quantitative estimate of drug-likeness (QED) is 0.499. The molecule has 0 bridgehead atoms. The van der Waals surface area contributed by atoms with Crippen molar-refractivity contribution in [3.05, 3.63) is 57.5 Å². The van der Waals surface area contributed by atoms with Crippen molar-refractivity contribution in [3.8, 4) is 0 Å². The Kier molecular flexibility index (Phi) is 6.44. The number of aryl methyl sites for hydroxylation is 1. The van der Waals surface area contributed by atoms with E-state index < -0.39 is 11.7 Å². The van der Waals surface area contributed by atoms with Crippen LogP contribution in [0.25, 0.3) is 5.65 Å². The third-order valence-electron chi connectivity index (χ3n) is 7.71. The Bertz CT molecular complexity index is 1450. The average Bonchev–Trinajstić information content (AvgIpc) is 3.45. The summed E-state index contributed by atoms with van der Waals surface area (Å²) < 4.78 is 22.0. The van der Waals surface area contributed by atoms with Crippen LogP contribution in [-0.2, 0) is 29.0 Å². The second-order valence-corrected chi connectivity index (χ2v) is 10.1. The van der Waals surface area contributed by atoms with Crippen LogP contribution in [0.4, 0.5) is 10.2 Å². The van der Waals surface area contributed by atoms with E-state index in [1.165, 1.54) is 35.9 Å². The minimum Gasteiger partial charge on any atom is -0.374 e. The van der Waals surface area contributed by atoms with Gasteiger partial charge >= 0.3 is 0 Å². The number of amides is 2. The molecule has 1 N–H and O–H groups in total. The summed E-state index contributed by atoms with van der Waals surface area (Å²) in [5, 5.41) is 7.05. The van der Waals surface area contributed by atoms with Gasteiger partial charge in [0.25, 0.3) is 11.5 Å². The molecule has 0 unspecified atom stereocenters. The van der Waals surface area contributed by atoms with Crippen molar-refractivity contribution >= 4 is 23.3 Å². The van der Waals surface area contributed by atoms with E-state index >= 15 is 0 Å². The largest absolute Gasteiger partial charge is 0.374 e. The van der Waals surface area contributed by atoms with Crippen LogP contribution in [-0.4, -0.2) is 79.2 Å². The minimum atomic E-state index is -0.516. The summed E-state index contributed by atoms with van der Waals surface area (Å²) in [4.78, 5) is 48.0. The number of fused-ring (bicyclic) bond motifs is 2. The second-order valence-electron chi connectivity index (χ2n) is 10.1. The Morgan fingerprint density at radius 2 is 2.11 bits per heavy atom. The van der Waals surface area contributed by atoms with Crippen molar-refractivity contribution in [1.82, 2.24) is 29.0 Å². The molecule has 6 rings (SSSR count). The van der Waals surface area contributed by atoms with E-state index in [1.54, 1.807) is 15.5 Å². The molecule has 0 aromatic carbocycles. The van der Waals surface area contributed by atoms with E-state index in [-0.39, 0.29) is 42.2 Å². The zero-order valence-corrected chi connectivity index (χ0v) is 21.2. The monoisotopic (exact) mass is 523 g/mol. The molecule has 1 saturated heterocycles. The van der Waals surface area contributed by atoms with Crippen LogP contribution in [0, 0.1) is 5.82 Å². The number of nitrogens with zero attached hydrogens (tertiary/aromatic N) is 6. The first-order valence-corrected chi connectivity index (χ1v) is 13.1. The fraction of sp³-hybridized carbons (Fsp3) is 0.500. The number of anilines is 1. The van der Waals surface area contributed by atoms with Crippen LogP contribution in [0.5, 0.6) is 0 Å². The van der Waals surface area contributed by atoms with Crippen LogP contribution < -0.4 is 10.9 Å². The molecule has 2 aliphatic heterocycles. The summed E-state index contributed by atoms with van der Waals surface area (Å²) in [6.45, 7) is 4.45. The number of morpholine rings is 1. The van der Waals surface area contributed by atoms with Gasteiger partial charge in [0.05, 0.1) is 36.7 Å². The van der Waals surface area contributed by atoms with Crippen molar-refractivity contribution in [2.24, 2.45) is 0 Å². The smallest absolute Gasteiger partial charge is 0.280 e. The van der Waals surface area contributed by atoms with Gasteiger partial charge in [-0.25, -0.2) is 9.37 Å². The van der Waals surface area contributed by atoms with Gasteiger partial charge in [0.1, 0.15) is 29.5 Å². The second kappa shape index (κ2) is 9.91. The first kappa shape index (κ1) is 24.7. The predicted molar refractivity (Wildman–Crippen MR) is 135 cm³/mol. The Morgan fingerprint density at radius 3 is 2.82 bits per heavy atom. The summed E-state index contributed by atoms with van der Waals surface area (Å²) >= 11 is 0. The molecule has 11 nitrogen and oxygen atoms in total. The Hall–Kier alpha value is -3.64. The third-order valence-corrected chi connectivity index (χ3v) is 7.71. The normalized spacial score (nSPS) is 20.1. The molecule has 2 fully saturated rings. The fourth-order valence-corrected chi connectivity index (χ4v) is 5.50. The first-order valence-electron chi connectivity index (χ1n) is 13.1. The lowest BCUT2D eigenvalue weighted by atomic mass is 9.91. The van der Waals surface area contributed by atoms with E-state index in [1.807, 2.05) is 6.92 Å². The van der Waals surface area contributed by atoms with E-state index in [2.05, 4.69) is 20.3 Å². The lowest BCUT2D eigenvalue weighted by Gasteiger charge is -2.42. The Morgan fingerprint density at radius 1 is 1.26 bits per heavy atom. The number of ether oxygens (including phenoxy) is 1. The van der Waals surface area contributed by atoms with Gasteiger partial charge in [0.15, 0.2) is 0 Å². The molecule has 1 aliphatic carbocycles. The van der Waals surface area contributed by atoms with E-state index in [4.69, 9.17) is 4.74 Å². The molecule has 3 aromatic rings. The number of pyridine rings is 1. The maximum absolute atomic E-state index is 13.7. The molecule has 12 heteroatoms. The number of carbonyl (C=O) groups is 2. The highest BCUT2D eigenvalue weighted by Crippen LogP contribution is 2.28. The van der Waals surface area contributed by atoms with Gasteiger partial charge in [-0.15, -0.1) is 0 Å². The van der Waals surface area contributed by atoms with Gasteiger partial charge in [-0.05, 0) is 31.4 Å². The Balaban J connectivity index is 1.29. The molecule has 5 heterocycles. The minimum absolute atomic E-state index is 0.134. The van der Waals surface area contributed by atoms with Gasteiger partial charge in [-0.2, -0.15) is 9.61 Å². The van der Waals surface area contributed by atoms with E-state index in [0.717, 1.165) is 19.3 Å². The molecule has 3 aliphatic rings. The summed E-state index contributed by atoms with van der Waals surface area (Å²) in [5.41, 5.74) is 1.19. The number of aromatic nitrogens is 4. The van der Waals surface area contributed by atoms with Gasteiger partial charge in [-0.1, -0.05) is 13.3 Å². The summed E-state index contributed by atoms with van der Waals surface area (Å²) in [5.74, 6) is -1.10. The van der Waals surface area contributed by atoms with Crippen molar-refractivity contribution in [2.75, 3.05) is 31.6 Å². The van der Waals surface area contributed by atoms with Crippen LogP contribution in [0.2, 0.25) is 0 Å². The number of carbonyl (C=O) groups excluding carboxylic acids is 2. The lowest BCUT2D eigenvalue weighted by Crippen LogP contribution is -2.52. The van der Waals surface area contributed by atoms with Crippen LogP contribution in [0.1, 0.15) is 47.9 Å². The topological polar surface area (TPSA) is 114 Å². The maximum atomic E-state index is 13.7. The van der Waals surface area contributed by atoms with E-state index in [0.29, 0.717) is 42.5 Å². The first-order chi connectivity index (χ1) is 18.4. The third kappa shape index (κ3) is 4.47. The van der Waals surface area contributed by atoms with Gasteiger partial charge in [-0.3, -0.25) is 19.3 Å². The lowest BCUT2D eigenvalue weighted by molar-refractivity contribution is -0.116. The highest BCUT2D eigenvalue weighted by Gasteiger charge is 2.38. The molecule has 38 heavy (non-hydrogen) atoms. The standard InChI is InChI=1S/C26H30FN7O4/c1-2-17-10-23-33(15-22(35)29-21-7-6-16(27)11-28-21)24-20(25(36)34(23)30-17)14-32(26(24)37)13-19-12-31(8-9-38-19)18-4-3-5-18/h6-7,10-11,18-19H,2-5,8-9,12-15H2,1H3,(H,28,29,35)/t19-/m1/s1. The molecule has 1 atom stereocenters. The molecule has 0 radical (unpaired) electrons. The van der Waals surface area contributed by atoms with Crippen LogP contribution >= 0.6 is 0 Å². The number of hydrogen-bond acceptors (Lipinski definition) is 7. The van der Waals surface area contributed by atoms with Crippen molar-refractivity contribution in [1.29, 1.82) is 0 Å². The number of halogens is 1. The van der Waals surface area contributed by atoms with Crippen molar-refractivity contribution in [2.45, 2.75) is 57.8 Å².